The lowest BCUT2D eigenvalue weighted by Gasteiger charge is -2.33. The maximum atomic E-state index is 12.2. The van der Waals surface area contributed by atoms with Gasteiger partial charge in [0.15, 0.2) is 5.96 Å². The molecule has 2 aliphatic heterocycles. The maximum absolute atomic E-state index is 12.2. The monoisotopic (exact) mass is 531 g/mol. The second kappa shape index (κ2) is 13.2. The molecule has 0 spiro atoms. The van der Waals surface area contributed by atoms with Crippen LogP contribution >= 0.6 is 24.0 Å². The number of hydrogen-bond acceptors (Lipinski definition) is 5. The highest BCUT2D eigenvalue weighted by Crippen LogP contribution is 2.15. The first-order chi connectivity index (χ1) is 12.9. The van der Waals surface area contributed by atoms with Crippen LogP contribution in [0.2, 0.25) is 0 Å². The average Bonchev–Trinajstić information content (AvgIpc) is 2.66. The largest absolute Gasteiger partial charge is 0.379 e. The smallest absolute Gasteiger partial charge is 0.214 e. The van der Waals surface area contributed by atoms with Crippen LogP contribution in [-0.4, -0.2) is 94.9 Å². The summed E-state index contributed by atoms with van der Waals surface area (Å²) in [5.41, 5.74) is 0. The highest BCUT2D eigenvalue weighted by Gasteiger charge is 2.27. The van der Waals surface area contributed by atoms with Crippen molar-refractivity contribution in [2.75, 3.05) is 65.3 Å². The zero-order chi connectivity index (χ0) is 19.7. The van der Waals surface area contributed by atoms with E-state index >= 15 is 0 Å². The quantitative estimate of drug-likeness (QED) is 0.276. The lowest BCUT2D eigenvalue weighted by atomic mass is 10.1. The van der Waals surface area contributed by atoms with Gasteiger partial charge in [-0.3, -0.25) is 9.89 Å². The van der Waals surface area contributed by atoms with Crippen LogP contribution in [0.3, 0.4) is 0 Å². The first-order valence-corrected chi connectivity index (χ1v) is 11.8. The minimum Gasteiger partial charge on any atom is -0.379 e. The summed E-state index contributed by atoms with van der Waals surface area (Å²) in [5.74, 6) is 1.57. The van der Waals surface area contributed by atoms with Gasteiger partial charge in [0, 0.05) is 52.4 Å². The molecule has 1 atom stereocenters. The highest BCUT2D eigenvalue weighted by atomic mass is 127. The summed E-state index contributed by atoms with van der Waals surface area (Å²) in [6, 6.07) is 0.263. The second-order valence-electron chi connectivity index (χ2n) is 7.60. The number of guanidine groups is 1. The van der Waals surface area contributed by atoms with Crippen LogP contribution < -0.4 is 10.6 Å². The van der Waals surface area contributed by atoms with Crippen LogP contribution in [0.25, 0.3) is 0 Å². The Morgan fingerprint density at radius 1 is 1.21 bits per heavy atom. The van der Waals surface area contributed by atoms with Gasteiger partial charge in [0.05, 0.1) is 19.0 Å². The third kappa shape index (κ3) is 8.68. The van der Waals surface area contributed by atoms with Crippen molar-refractivity contribution in [3.05, 3.63) is 0 Å². The molecule has 2 saturated heterocycles. The van der Waals surface area contributed by atoms with E-state index in [1.54, 1.807) is 11.4 Å². The molecule has 0 aromatic carbocycles. The van der Waals surface area contributed by atoms with Gasteiger partial charge in [0.25, 0.3) is 0 Å². The Morgan fingerprint density at radius 3 is 2.43 bits per heavy atom. The van der Waals surface area contributed by atoms with Gasteiger partial charge in [-0.05, 0) is 25.2 Å². The van der Waals surface area contributed by atoms with E-state index in [4.69, 9.17) is 4.74 Å². The molecule has 0 amide bonds. The van der Waals surface area contributed by atoms with Crippen LogP contribution in [0.5, 0.6) is 0 Å². The summed E-state index contributed by atoms with van der Waals surface area (Å²) in [5, 5.41) is 6.87. The molecular formula is C18H38IN5O3S. The minimum atomic E-state index is -3.08. The first-order valence-electron chi connectivity index (χ1n) is 10.2. The lowest BCUT2D eigenvalue weighted by Crippen LogP contribution is -2.51. The third-order valence-electron chi connectivity index (χ3n) is 5.17. The fraction of sp³-hybridized carbons (Fsp3) is 0.944. The van der Waals surface area contributed by atoms with E-state index in [2.05, 4.69) is 27.4 Å². The van der Waals surface area contributed by atoms with Crippen molar-refractivity contribution < 1.29 is 13.2 Å². The topological polar surface area (TPSA) is 86.3 Å². The Labute approximate surface area is 187 Å². The van der Waals surface area contributed by atoms with Crippen LogP contribution in [0.4, 0.5) is 0 Å². The van der Waals surface area contributed by atoms with E-state index < -0.39 is 10.0 Å². The molecule has 0 saturated carbocycles. The maximum Gasteiger partial charge on any atom is 0.214 e. The predicted molar refractivity (Wildman–Crippen MR) is 125 cm³/mol. The third-order valence-corrected chi connectivity index (χ3v) is 7.24. The number of hydrogen-bond donors (Lipinski definition) is 2. The molecule has 2 fully saturated rings. The van der Waals surface area contributed by atoms with E-state index in [-0.39, 0.29) is 35.8 Å². The first kappa shape index (κ1) is 25.9. The summed E-state index contributed by atoms with van der Waals surface area (Å²) in [7, 11) is -1.30. The van der Waals surface area contributed by atoms with E-state index in [0.29, 0.717) is 25.4 Å². The van der Waals surface area contributed by atoms with Crippen LogP contribution in [0, 0.1) is 5.92 Å². The molecule has 0 aliphatic carbocycles. The molecule has 8 nitrogen and oxygen atoms in total. The number of ether oxygens (including phenoxy) is 1. The van der Waals surface area contributed by atoms with E-state index in [9.17, 15) is 8.42 Å². The van der Waals surface area contributed by atoms with Gasteiger partial charge in [0.1, 0.15) is 0 Å². The SMILES string of the molecule is CCCS(=O)(=O)N1CCC(NC(=NC)NCC(C)CN2CCOCC2)CC1.I. The van der Waals surface area contributed by atoms with Crippen LogP contribution in [-0.2, 0) is 14.8 Å². The number of morpholine rings is 1. The Balaban J connectivity index is 0.00000392. The van der Waals surface area contributed by atoms with Gasteiger partial charge in [-0.25, -0.2) is 12.7 Å². The van der Waals surface area contributed by atoms with Crippen molar-refractivity contribution in [2.45, 2.75) is 39.2 Å². The fourth-order valence-corrected chi connectivity index (χ4v) is 5.15. The lowest BCUT2D eigenvalue weighted by molar-refractivity contribution is 0.0320. The summed E-state index contributed by atoms with van der Waals surface area (Å²) in [6.45, 7) is 10.9. The molecule has 166 valence electrons. The molecule has 1 unspecified atom stereocenters. The van der Waals surface area contributed by atoms with Gasteiger partial charge < -0.3 is 15.4 Å². The van der Waals surface area contributed by atoms with E-state index in [1.165, 1.54) is 0 Å². The molecule has 2 N–H and O–H groups in total. The van der Waals surface area contributed by atoms with Gasteiger partial charge in [0.2, 0.25) is 10.0 Å². The van der Waals surface area contributed by atoms with Gasteiger partial charge in [-0.2, -0.15) is 0 Å². The standard InChI is InChI=1S/C18H37N5O3S.HI/c1-4-13-27(24,25)23-7-5-17(6-8-23)21-18(19-3)20-14-16(2)15-22-9-11-26-12-10-22;/h16-17H,4-15H2,1-3H3,(H2,19,20,21);1H. The van der Waals surface area contributed by atoms with Crippen molar-refractivity contribution in [1.29, 1.82) is 0 Å². The number of aliphatic imine (C=N–C) groups is 1. The number of nitrogens with one attached hydrogen (secondary N) is 2. The van der Waals surface area contributed by atoms with Gasteiger partial charge in [-0.15, -0.1) is 24.0 Å². The van der Waals surface area contributed by atoms with E-state index in [1.807, 2.05) is 6.92 Å². The second-order valence-corrected chi connectivity index (χ2v) is 9.69. The molecule has 0 radical (unpaired) electrons. The van der Waals surface area contributed by atoms with Crippen LogP contribution in [0.15, 0.2) is 4.99 Å². The molecule has 2 rings (SSSR count). The van der Waals surface area contributed by atoms with Crippen molar-refractivity contribution in [2.24, 2.45) is 10.9 Å². The summed E-state index contributed by atoms with van der Waals surface area (Å²) in [4.78, 5) is 6.77. The van der Waals surface area contributed by atoms with Gasteiger partial charge in [-0.1, -0.05) is 13.8 Å². The fourth-order valence-electron chi connectivity index (χ4n) is 3.61. The van der Waals surface area contributed by atoms with Crippen molar-refractivity contribution >= 4 is 40.0 Å². The molecule has 2 aliphatic rings. The zero-order valence-electron chi connectivity index (χ0n) is 17.5. The van der Waals surface area contributed by atoms with Crippen molar-refractivity contribution in [3.63, 3.8) is 0 Å². The number of piperidine rings is 1. The molecule has 28 heavy (non-hydrogen) atoms. The Morgan fingerprint density at radius 2 is 1.86 bits per heavy atom. The van der Waals surface area contributed by atoms with Crippen molar-refractivity contribution in [1.82, 2.24) is 19.8 Å². The Kier molecular flexibility index (Phi) is 12.2. The molecule has 10 heteroatoms. The van der Waals surface area contributed by atoms with Crippen molar-refractivity contribution in [3.8, 4) is 0 Å². The average molecular weight is 532 g/mol. The number of rotatable bonds is 8. The highest BCUT2D eigenvalue weighted by molar-refractivity contribution is 14.0. The number of nitrogens with zero attached hydrogens (tertiary/aromatic N) is 3. The van der Waals surface area contributed by atoms with Crippen LogP contribution in [0.1, 0.15) is 33.1 Å². The summed E-state index contributed by atoms with van der Waals surface area (Å²) < 4.78 is 31.4. The Bertz CT molecular complexity index is 562. The molecule has 0 bridgehead atoms. The molecular weight excluding hydrogens is 493 g/mol. The summed E-state index contributed by atoms with van der Waals surface area (Å²) in [6.07, 6.45) is 2.29. The molecule has 0 aromatic heterocycles. The molecule has 0 aromatic rings. The summed E-state index contributed by atoms with van der Waals surface area (Å²) >= 11 is 0. The van der Waals surface area contributed by atoms with Gasteiger partial charge >= 0.3 is 0 Å². The minimum absolute atomic E-state index is 0. The Hall–Kier alpha value is -0.170. The van der Waals surface area contributed by atoms with E-state index in [0.717, 1.165) is 58.2 Å². The number of sulfonamides is 1. The normalized spacial score (nSPS) is 21.8. The molecule has 2 heterocycles. The predicted octanol–water partition coefficient (Wildman–Crippen LogP) is 0.942. The zero-order valence-corrected chi connectivity index (χ0v) is 20.7. The number of halogens is 1.